The first-order chi connectivity index (χ1) is 14.2. The maximum atomic E-state index is 14.5. The van der Waals surface area contributed by atoms with Gasteiger partial charge < -0.3 is 10.1 Å². The highest BCUT2D eigenvalue weighted by Crippen LogP contribution is 2.28. The number of rotatable bonds is 6. The Labute approximate surface area is 182 Å². The zero-order chi connectivity index (χ0) is 21.9. The van der Waals surface area contributed by atoms with Gasteiger partial charge in [-0.1, -0.05) is 35.3 Å². The highest BCUT2D eigenvalue weighted by Gasteiger charge is 2.19. The third-order valence-electron chi connectivity index (χ3n) is 4.03. The zero-order valence-electron chi connectivity index (χ0n) is 15.4. The molecule has 3 rings (SSSR count). The molecule has 10 heteroatoms. The minimum absolute atomic E-state index is 0.0926. The van der Waals surface area contributed by atoms with Crippen molar-refractivity contribution in [1.29, 1.82) is 0 Å². The van der Waals surface area contributed by atoms with Crippen molar-refractivity contribution in [2.75, 3.05) is 17.1 Å². The molecule has 0 atom stereocenters. The number of anilines is 2. The summed E-state index contributed by atoms with van der Waals surface area (Å²) in [6.07, 6.45) is 0. The summed E-state index contributed by atoms with van der Waals surface area (Å²) in [5.41, 5.74) is 0.0902. The largest absolute Gasteiger partial charge is 0.495 e. The number of amides is 1. The predicted octanol–water partition coefficient (Wildman–Crippen LogP) is 5.19. The molecule has 1 amide bonds. The van der Waals surface area contributed by atoms with Gasteiger partial charge in [0.1, 0.15) is 11.6 Å². The van der Waals surface area contributed by atoms with Gasteiger partial charge in [0.2, 0.25) is 0 Å². The Morgan fingerprint density at radius 3 is 2.40 bits per heavy atom. The van der Waals surface area contributed by atoms with E-state index in [-0.39, 0.29) is 26.9 Å². The van der Waals surface area contributed by atoms with Gasteiger partial charge in [0.15, 0.2) is 0 Å². The molecule has 3 aromatic carbocycles. The maximum absolute atomic E-state index is 14.5. The van der Waals surface area contributed by atoms with Gasteiger partial charge in [-0.2, -0.15) is 0 Å². The van der Waals surface area contributed by atoms with Crippen molar-refractivity contribution < 1.29 is 22.3 Å². The molecule has 0 aliphatic heterocycles. The van der Waals surface area contributed by atoms with Crippen molar-refractivity contribution in [3.63, 3.8) is 0 Å². The van der Waals surface area contributed by atoms with Crippen LogP contribution in [-0.4, -0.2) is 21.4 Å². The lowest BCUT2D eigenvalue weighted by molar-refractivity contribution is 0.102. The summed E-state index contributed by atoms with van der Waals surface area (Å²) in [7, 11) is -2.70. The van der Waals surface area contributed by atoms with E-state index in [0.29, 0.717) is 10.8 Å². The van der Waals surface area contributed by atoms with Crippen LogP contribution in [0, 0.1) is 5.82 Å². The standard InChI is InChI=1S/C20H15Cl2FN2O4S/c1-29-19-5-3-2-4-18(19)25-30(27,28)13-7-9-17(16(23)11-13)24-20(26)14-8-6-12(21)10-15(14)22/h2-11,25H,1H3,(H,24,26). The molecule has 6 nitrogen and oxygen atoms in total. The second-order valence-electron chi connectivity index (χ2n) is 6.03. The van der Waals surface area contributed by atoms with E-state index in [1.165, 1.54) is 37.4 Å². The molecule has 0 unspecified atom stereocenters. The second-order valence-corrected chi connectivity index (χ2v) is 8.55. The summed E-state index contributed by atoms with van der Waals surface area (Å²) in [5, 5.41) is 2.80. The summed E-state index contributed by atoms with van der Waals surface area (Å²) in [5.74, 6) is -1.29. The van der Waals surface area contributed by atoms with E-state index < -0.39 is 21.7 Å². The Morgan fingerprint density at radius 1 is 1.00 bits per heavy atom. The first-order valence-electron chi connectivity index (χ1n) is 8.43. The minimum Gasteiger partial charge on any atom is -0.495 e. The Balaban J connectivity index is 1.83. The van der Waals surface area contributed by atoms with E-state index in [0.717, 1.165) is 12.1 Å². The molecule has 0 aromatic heterocycles. The molecule has 30 heavy (non-hydrogen) atoms. The fourth-order valence-electron chi connectivity index (χ4n) is 2.56. The Morgan fingerprint density at radius 2 is 1.73 bits per heavy atom. The lowest BCUT2D eigenvalue weighted by Crippen LogP contribution is -2.16. The molecule has 0 spiro atoms. The van der Waals surface area contributed by atoms with Crippen LogP contribution >= 0.6 is 23.2 Å². The van der Waals surface area contributed by atoms with Crippen LogP contribution in [0.2, 0.25) is 10.0 Å². The Bertz CT molecular complexity index is 1220. The van der Waals surface area contributed by atoms with Crippen molar-refractivity contribution in [1.82, 2.24) is 0 Å². The van der Waals surface area contributed by atoms with E-state index in [1.54, 1.807) is 18.2 Å². The van der Waals surface area contributed by atoms with Crippen LogP contribution < -0.4 is 14.8 Å². The number of para-hydroxylation sites is 2. The monoisotopic (exact) mass is 468 g/mol. The highest BCUT2D eigenvalue weighted by molar-refractivity contribution is 7.92. The third-order valence-corrected chi connectivity index (χ3v) is 5.94. The van der Waals surface area contributed by atoms with Crippen molar-refractivity contribution in [3.8, 4) is 5.75 Å². The Kier molecular flexibility index (Phi) is 6.50. The summed E-state index contributed by atoms with van der Waals surface area (Å²) in [6, 6.07) is 13.8. The lowest BCUT2D eigenvalue weighted by atomic mass is 10.2. The van der Waals surface area contributed by atoms with E-state index in [9.17, 15) is 17.6 Å². The molecule has 0 heterocycles. The number of methoxy groups -OCH3 is 1. The van der Waals surface area contributed by atoms with Gasteiger partial charge in [0.05, 0.1) is 34.0 Å². The van der Waals surface area contributed by atoms with Crippen LogP contribution in [-0.2, 0) is 10.0 Å². The fourth-order valence-corrected chi connectivity index (χ4v) is 4.14. The van der Waals surface area contributed by atoms with E-state index >= 15 is 0 Å². The number of hydrogen-bond donors (Lipinski definition) is 2. The molecule has 156 valence electrons. The SMILES string of the molecule is COc1ccccc1NS(=O)(=O)c1ccc(NC(=O)c2ccc(Cl)cc2Cl)c(F)c1. The lowest BCUT2D eigenvalue weighted by Gasteiger charge is -2.13. The molecule has 2 N–H and O–H groups in total. The summed E-state index contributed by atoms with van der Waals surface area (Å²) < 4.78 is 47.2. The first kappa shape index (κ1) is 21.9. The zero-order valence-corrected chi connectivity index (χ0v) is 17.8. The average Bonchev–Trinajstić information content (AvgIpc) is 2.69. The number of carbonyl (C=O) groups excluding carboxylic acids is 1. The molecule has 0 radical (unpaired) electrons. The average molecular weight is 469 g/mol. The molecule has 0 fully saturated rings. The molecule has 0 aliphatic rings. The first-order valence-corrected chi connectivity index (χ1v) is 10.7. The van der Waals surface area contributed by atoms with Gasteiger partial charge in [-0.25, -0.2) is 12.8 Å². The maximum Gasteiger partial charge on any atom is 0.262 e. The minimum atomic E-state index is -4.10. The number of ether oxygens (including phenoxy) is 1. The molecule has 0 saturated carbocycles. The molecule has 0 bridgehead atoms. The van der Waals surface area contributed by atoms with Gasteiger partial charge in [-0.05, 0) is 48.5 Å². The normalized spacial score (nSPS) is 11.1. The number of hydrogen-bond acceptors (Lipinski definition) is 4. The Hall–Kier alpha value is -2.81. The smallest absolute Gasteiger partial charge is 0.262 e. The van der Waals surface area contributed by atoms with Crippen LogP contribution in [0.15, 0.2) is 65.6 Å². The van der Waals surface area contributed by atoms with E-state index in [2.05, 4.69) is 10.0 Å². The number of carbonyl (C=O) groups is 1. The van der Waals surface area contributed by atoms with Crippen LogP contribution in [0.3, 0.4) is 0 Å². The quantitative estimate of drug-likeness (QED) is 0.520. The van der Waals surface area contributed by atoms with Crippen molar-refractivity contribution in [2.24, 2.45) is 0 Å². The van der Waals surface area contributed by atoms with Crippen molar-refractivity contribution >= 4 is 50.5 Å². The molecule has 0 aliphatic carbocycles. The van der Waals surface area contributed by atoms with Gasteiger partial charge in [-0.15, -0.1) is 0 Å². The summed E-state index contributed by atoms with van der Waals surface area (Å²) in [4.78, 5) is 12.0. The van der Waals surface area contributed by atoms with Gasteiger partial charge in [0, 0.05) is 5.02 Å². The molecule has 0 saturated heterocycles. The second kappa shape index (κ2) is 8.91. The molecular formula is C20H15Cl2FN2O4S. The number of benzene rings is 3. The van der Waals surface area contributed by atoms with Gasteiger partial charge >= 0.3 is 0 Å². The van der Waals surface area contributed by atoms with Crippen LogP contribution in [0.5, 0.6) is 5.75 Å². The number of sulfonamides is 1. The van der Waals surface area contributed by atoms with Crippen LogP contribution in [0.4, 0.5) is 15.8 Å². The van der Waals surface area contributed by atoms with Crippen molar-refractivity contribution in [2.45, 2.75) is 4.90 Å². The number of halogens is 3. The van der Waals surface area contributed by atoms with Gasteiger partial charge in [0.25, 0.3) is 15.9 Å². The van der Waals surface area contributed by atoms with Crippen LogP contribution in [0.1, 0.15) is 10.4 Å². The molecule has 3 aromatic rings. The molecular weight excluding hydrogens is 454 g/mol. The highest BCUT2D eigenvalue weighted by atomic mass is 35.5. The van der Waals surface area contributed by atoms with E-state index in [4.69, 9.17) is 27.9 Å². The van der Waals surface area contributed by atoms with E-state index in [1.807, 2.05) is 0 Å². The summed E-state index contributed by atoms with van der Waals surface area (Å²) >= 11 is 11.8. The fraction of sp³-hybridized carbons (Fsp3) is 0.0500. The number of nitrogens with one attached hydrogen (secondary N) is 2. The summed E-state index contributed by atoms with van der Waals surface area (Å²) in [6.45, 7) is 0. The third kappa shape index (κ3) is 4.84. The predicted molar refractivity (Wildman–Crippen MR) is 115 cm³/mol. The van der Waals surface area contributed by atoms with Crippen LogP contribution in [0.25, 0.3) is 0 Å². The topological polar surface area (TPSA) is 84.5 Å². The van der Waals surface area contributed by atoms with Gasteiger partial charge in [-0.3, -0.25) is 9.52 Å². The van der Waals surface area contributed by atoms with Crippen molar-refractivity contribution in [3.05, 3.63) is 82.1 Å².